The lowest BCUT2D eigenvalue weighted by Gasteiger charge is -2.27. The van der Waals surface area contributed by atoms with Crippen LogP contribution >= 0.6 is 0 Å². The number of hydrogen-bond donors (Lipinski definition) is 2. The summed E-state index contributed by atoms with van der Waals surface area (Å²) in [6.45, 7) is 2.24. The summed E-state index contributed by atoms with van der Waals surface area (Å²) >= 11 is 0. The molecule has 5 rings (SSSR count). The van der Waals surface area contributed by atoms with Crippen LogP contribution in [0.4, 0.5) is 5.69 Å². The van der Waals surface area contributed by atoms with E-state index in [-0.39, 0.29) is 17.9 Å². The van der Waals surface area contributed by atoms with E-state index in [1.54, 1.807) is 14.0 Å². The van der Waals surface area contributed by atoms with Crippen molar-refractivity contribution in [2.75, 3.05) is 11.9 Å². The number of amides is 2. The predicted molar refractivity (Wildman–Crippen MR) is 138 cm³/mol. The van der Waals surface area contributed by atoms with E-state index in [1.165, 1.54) is 10.8 Å². The van der Waals surface area contributed by atoms with Crippen molar-refractivity contribution < 1.29 is 9.59 Å². The second kappa shape index (κ2) is 9.27. The molecule has 0 unspecified atom stereocenters. The Morgan fingerprint density at radius 2 is 1.68 bits per heavy atom. The number of carbonyl (C=O) groups excluding carboxylic acids is 2. The Labute approximate surface area is 199 Å². The minimum Gasteiger partial charge on any atom is -0.343 e. The molecule has 0 radical (unpaired) electrons. The predicted octanol–water partition coefficient (Wildman–Crippen LogP) is 4.57. The van der Waals surface area contributed by atoms with Crippen LogP contribution in [0.15, 0.2) is 78.9 Å². The highest BCUT2D eigenvalue weighted by molar-refractivity contribution is 6.03. The molecule has 34 heavy (non-hydrogen) atoms. The van der Waals surface area contributed by atoms with Gasteiger partial charge in [0.05, 0.1) is 12.6 Å². The number of likely N-dealkylation sites (N-methyl/N-ethyl adjacent to an activating group) is 1. The molecule has 1 heterocycles. The fraction of sp³-hybridized carbons (Fsp3) is 0.241. The number of nitrogens with zero attached hydrogens (tertiary/aromatic N) is 1. The molecule has 4 aromatic carbocycles. The second-order valence-corrected chi connectivity index (χ2v) is 9.00. The van der Waals surface area contributed by atoms with Crippen LogP contribution in [-0.4, -0.2) is 30.9 Å². The van der Waals surface area contributed by atoms with Gasteiger partial charge in [-0.1, -0.05) is 60.7 Å². The number of hydrogen-bond acceptors (Lipinski definition) is 3. The minimum absolute atomic E-state index is 0.0700. The van der Waals surface area contributed by atoms with Crippen molar-refractivity contribution >= 4 is 39.0 Å². The van der Waals surface area contributed by atoms with E-state index in [2.05, 4.69) is 59.2 Å². The van der Waals surface area contributed by atoms with Crippen molar-refractivity contribution in [1.82, 2.24) is 10.6 Å². The summed E-state index contributed by atoms with van der Waals surface area (Å²) < 4.78 is 0. The summed E-state index contributed by atoms with van der Waals surface area (Å²) in [5.41, 5.74) is 3.13. The average Bonchev–Trinajstić information content (AvgIpc) is 2.99. The lowest BCUT2D eigenvalue weighted by Crippen LogP contribution is -2.52. The molecule has 172 valence electrons. The van der Waals surface area contributed by atoms with Crippen molar-refractivity contribution in [2.24, 2.45) is 0 Å². The first-order valence-electron chi connectivity index (χ1n) is 11.8. The molecule has 5 nitrogen and oxygen atoms in total. The summed E-state index contributed by atoms with van der Waals surface area (Å²) in [5, 5.41) is 10.6. The number of rotatable bonds is 5. The van der Waals surface area contributed by atoms with Crippen LogP contribution in [0.1, 0.15) is 24.5 Å². The Balaban J connectivity index is 1.55. The first-order chi connectivity index (χ1) is 16.5. The maximum absolute atomic E-state index is 13.8. The highest BCUT2D eigenvalue weighted by atomic mass is 16.2. The molecule has 1 aliphatic rings. The van der Waals surface area contributed by atoms with Crippen molar-refractivity contribution in [3.63, 3.8) is 0 Å². The zero-order valence-corrected chi connectivity index (χ0v) is 19.5. The number of para-hydroxylation sites is 1. The molecule has 0 saturated heterocycles. The standard InChI is InChI=1S/C29H29N3O2/c1-19(30-2)28(33)31-26-15-14-20-8-5-6-13-27(20)32(29(26)34)18-24-12-7-11-23-16-21-9-3-4-10-22(21)17-25(23)24/h3-13,16-17,19,26,30H,14-15,18H2,1-2H3,(H,31,33)/t19-,26-/m0/s1. The zero-order valence-electron chi connectivity index (χ0n) is 19.5. The average molecular weight is 452 g/mol. The summed E-state index contributed by atoms with van der Waals surface area (Å²) in [5.74, 6) is -0.234. The SMILES string of the molecule is CN[C@@H](C)C(=O)N[C@H]1CCc2ccccc2N(Cc2cccc3cc4ccccc4cc23)C1=O. The normalized spacial score (nSPS) is 16.8. The van der Waals surface area contributed by atoms with E-state index in [1.807, 2.05) is 35.2 Å². The molecular weight excluding hydrogens is 422 g/mol. The van der Waals surface area contributed by atoms with Crippen LogP contribution in [0.25, 0.3) is 21.5 Å². The molecular formula is C29H29N3O2. The van der Waals surface area contributed by atoms with Crippen LogP contribution in [-0.2, 0) is 22.6 Å². The van der Waals surface area contributed by atoms with Crippen molar-refractivity contribution in [2.45, 2.75) is 38.4 Å². The lowest BCUT2D eigenvalue weighted by atomic mass is 9.99. The van der Waals surface area contributed by atoms with Gasteiger partial charge in [-0.05, 0) is 77.7 Å². The number of aryl methyl sites for hydroxylation is 1. The van der Waals surface area contributed by atoms with Gasteiger partial charge in [0.15, 0.2) is 0 Å². The second-order valence-electron chi connectivity index (χ2n) is 9.00. The third-order valence-corrected chi connectivity index (χ3v) is 6.86. The molecule has 4 aromatic rings. The van der Waals surface area contributed by atoms with Gasteiger partial charge in [0, 0.05) is 5.69 Å². The number of nitrogens with one attached hydrogen (secondary N) is 2. The van der Waals surface area contributed by atoms with E-state index in [0.29, 0.717) is 13.0 Å². The van der Waals surface area contributed by atoms with Gasteiger partial charge in [0.1, 0.15) is 6.04 Å². The number of benzene rings is 4. The Kier molecular flexibility index (Phi) is 6.03. The number of fused-ring (bicyclic) bond motifs is 3. The van der Waals surface area contributed by atoms with Gasteiger partial charge in [-0.2, -0.15) is 0 Å². The van der Waals surface area contributed by atoms with Crippen LogP contribution < -0.4 is 15.5 Å². The Hall–Kier alpha value is -3.70. The van der Waals surface area contributed by atoms with Gasteiger partial charge in [-0.15, -0.1) is 0 Å². The third-order valence-electron chi connectivity index (χ3n) is 6.86. The van der Waals surface area contributed by atoms with Gasteiger partial charge < -0.3 is 15.5 Å². The maximum atomic E-state index is 13.8. The number of anilines is 1. The van der Waals surface area contributed by atoms with Crippen molar-refractivity contribution in [1.29, 1.82) is 0 Å². The van der Waals surface area contributed by atoms with E-state index in [9.17, 15) is 9.59 Å². The minimum atomic E-state index is -0.563. The van der Waals surface area contributed by atoms with Gasteiger partial charge in [-0.25, -0.2) is 0 Å². The summed E-state index contributed by atoms with van der Waals surface area (Å²) in [6.07, 6.45) is 1.31. The Morgan fingerprint density at radius 3 is 2.47 bits per heavy atom. The highest BCUT2D eigenvalue weighted by Crippen LogP contribution is 2.31. The fourth-order valence-corrected chi connectivity index (χ4v) is 4.78. The molecule has 2 amide bonds. The summed E-state index contributed by atoms with van der Waals surface area (Å²) in [7, 11) is 1.74. The Morgan fingerprint density at radius 1 is 0.971 bits per heavy atom. The molecule has 2 N–H and O–H groups in total. The van der Waals surface area contributed by atoms with Crippen LogP contribution in [0.3, 0.4) is 0 Å². The Bertz CT molecular complexity index is 1380. The molecule has 0 aliphatic carbocycles. The highest BCUT2D eigenvalue weighted by Gasteiger charge is 2.32. The number of carbonyl (C=O) groups is 2. The summed E-state index contributed by atoms with van der Waals surface area (Å²) in [6, 6.07) is 26.1. The molecule has 0 bridgehead atoms. The molecule has 0 spiro atoms. The van der Waals surface area contributed by atoms with Crippen molar-refractivity contribution in [3.05, 3.63) is 90.0 Å². The third kappa shape index (κ3) is 4.15. The fourth-order valence-electron chi connectivity index (χ4n) is 4.78. The van der Waals surface area contributed by atoms with Crippen LogP contribution in [0.5, 0.6) is 0 Å². The first kappa shape index (κ1) is 22.1. The molecule has 0 aromatic heterocycles. The monoisotopic (exact) mass is 451 g/mol. The van der Waals surface area contributed by atoms with Gasteiger partial charge in [0.25, 0.3) is 0 Å². The van der Waals surface area contributed by atoms with Crippen molar-refractivity contribution in [3.8, 4) is 0 Å². The largest absolute Gasteiger partial charge is 0.343 e. The first-order valence-corrected chi connectivity index (χ1v) is 11.8. The smallest absolute Gasteiger partial charge is 0.249 e. The van der Waals surface area contributed by atoms with Gasteiger partial charge in [-0.3, -0.25) is 9.59 Å². The van der Waals surface area contributed by atoms with E-state index in [0.717, 1.165) is 34.0 Å². The van der Waals surface area contributed by atoms with E-state index < -0.39 is 6.04 Å². The zero-order chi connectivity index (χ0) is 23.7. The maximum Gasteiger partial charge on any atom is 0.249 e. The molecule has 0 saturated carbocycles. The molecule has 1 aliphatic heterocycles. The van der Waals surface area contributed by atoms with Gasteiger partial charge in [0.2, 0.25) is 11.8 Å². The molecule has 5 heteroatoms. The molecule has 0 fully saturated rings. The lowest BCUT2D eigenvalue weighted by molar-refractivity contribution is -0.128. The van der Waals surface area contributed by atoms with Crippen LogP contribution in [0.2, 0.25) is 0 Å². The van der Waals surface area contributed by atoms with Gasteiger partial charge >= 0.3 is 0 Å². The van der Waals surface area contributed by atoms with E-state index >= 15 is 0 Å². The van der Waals surface area contributed by atoms with E-state index in [4.69, 9.17) is 0 Å². The summed E-state index contributed by atoms with van der Waals surface area (Å²) in [4.78, 5) is 28.2. The molecule has 2 atom stereocenters. The quantitative estimate of drug-likeness (QED) is 0.437. The topological polar surface area (TPSA) is 61.4 Å². The van der Waals surface area contributed by atoms with Crippen LogP contribution in [0, 0.1) is 0 Å².